The average Bonchev–Trinajstić information content (AvgIpc) is 2.40. The minimum Gasteiger partial charge on any atom is -0.356 e. The monoisotopic (exact) mass is 441 g/mol. The Morgan fingerprint density at radius 2 is 1.57 bits per heavy atom. The van der Waals surface area contributed by atoms with Crippen LogP contribution in [-0.4, -0.2) is 74.2 Å². The number of aliphatic imine (C=N–C) groups is 1. The van der Waals surface area contributed by atoms with E-state index in [1.807, 2.05) is 7.05 Å². The predicted molar refractivity (Wildman–Crippen MR) is 114 cm³/mol. The lowest BCUT2D eigenvalue weighted by Crippen LogP contribution is -2.51. The molecule has 0 aliphatic carbocycles. The van der Waals surface area contributed by atoms with Gasteiger partial charge in [0.25, 0.3) is 0 Å². The summed E-state index contributed by atoms with van der Waals surface area (Å²) in [6.07, 6.45) is 1.12. The molecule has 0 bridgehead atoms. The summed E-state index contributed by atoms with van der Waals surface area (Å²) in [6.45, 7) is 16.4. The number of hydrogen-bond donors (Lipinski definition) is 2. The van der Waals surface area contributed by atoms with Crippen molar-refractivity contribution in [3.05, 3.63) is 0 Å². The molecule has 2 N–H and O–H groups in total. The van der Waals surface area contributed by atoms with Gasteiger partial charge in [-0.25, -0.2) is 0 Å². The van der Waals surface area contributed by atoms with Crippen molar-refractivity contribution in [2.24, 2.45) is 4.99 Å². The van der Waals surface area contributed by atoms with Crippen LogP contribution in [0.1, 0.15) is 48.0 Å². The Balaban J connectivity index is 0. The quantitative estimate of drug-likeness (QED) is 0.250. The highest BCUT2D eigenvalue weighted by Crippen LogP contribution is 2.07. The van der Waals surface area contributed by atoms with Crippen molar-refractivity contribution in [3.8, 4) is 0 Å². The topological polar surface area (TPSA) is 42.9 Å². The second-order valence-corrected chi connectivity index (χ2v) is 7.34. The molecule has 0 rings (SSSR count). The molecule has 0 saturated carbocycles. The molecule has 140 valence electrons. The summed E-state index contributed by atoms with van der Waals surface area (Å²) in [5.41, 5.74) is 0.101. The van der Waals surface area contributed by atoms with Gasteiger partial charge in [0, 0.05) is 44.3 Å². The first-order chi connectivity index (χ1) is 10.1. The lowest BCUT2D eigenvalue weighted by atomic mass is 10.0. The van der Waals surface area contributed by atoms with Crippen LogP contribution in [0.4, 0.5) is 0 Å². The summed E-state index contributed by atoms with van der Waals surface area (Å²) >= 11 is 0. The zero-order valence-electron chi connectivity index (χ0n) is 16.7. The number of guanidine groups is 1. The molecule has 0 aromatic carbocycles. The van der Waals surface area contributed by atoms with Crippen molar-refractivity contribution in [2.75, 3.05) is 40.8 Å². The molecular formula is C17H40IN5. The van der Waals surface area contributed by atoms with Gasteiger partial charge in [-0.2, -0.15) is 0 Å². The molecule has 0 aromatic rings. The number of nitrogens with one attached hydrogen (secondary N) is 2. The summed E-state index contributed by atoms with van der Waals surface area (Å²) < 4.78 is 0. The third-order valence-corrected chi connectivity index (χ3v) is 4.33. The highest BCUT2D eigenvalue weighted by Gasteiger charge is 2.20. The van der Waals surface area contributed by atoms with Crippen LogP contribution in [-0.2, 0) is 0 Å². The van der Waals surface area contributed by atoms with E-state index in [0.29, 0.717) is 12.1 Å². The van der Waals surface area contributed by atoms with Crippen molar-refractivity contribution >= 4 is 29.9 Å². The molecule has 0 spiro atoms. The Hall–Kier alpha value is -0.0800. The van der Waals surface area contributed by atoms with E-state index in [1.165, 1.54) is 0 Å². The molecule has 0 aliphatic rings. The molecule has 0 aromatic heterocycles. The van der Waals surface area contributed by atoms with Gasteiger partial charge in [-0.1, -0.05) is 0 Å². The standard InChI is InChI=1S/C17H39N5.HI/c1-14(2)22(15(3)4)12-10-11-19-16(18-7)20-13-17(5,6)21(8)9;/h14-15H,10-13H2,1-9H3,(H2,18,19,20);1H. The van der Waals surface area contributed by atoms with E-state index in [2.05, 4.69) is 81.1 Å². The summed E-state index contributed by atoms with van der Waals surface area (Å²) in [4.78, 5) is 9.04. The summed E-state index contributed by atoms with van der Waals surface area (Å²) in [5, 5.41) is 6.82. The number of nitrogens with zero attached hydrogens (tertiary/aromatic N) is 3. The number of hydrogen-bond acceptors (Lipinski definition) is 3. The molecule has 0 unspecified atom stereocenters. The lowest BCUT2D eigenvalue weighted by Gasteiger charge is -2.33. The second-order valence-electron chi connectivity index (χ2n) is 7.34. The molecule has 0 radical (unpaired) electrons. The predicted octanol–water partition coefficient (Wildman–Crippen LogP) is 2.62. The average molecular weight is 441 g/mol. The van der Waals surface area contributed by atoms with Gasteiger partial charge in [0.1, 0.15) is 0 Å². The highest BCUT2D eigenvalue weighted by molar-refractivity contribution is 14.0. The van der Waals surface area contributed by atoms with Gasteiger partial charge in [-0.3, -0.25) is 9.89 Å². The minimum atomic E-state index is 0. The van der Waals surface area contributed by atoms with Crippen molar-refractivity contribution in [1.29, 1.82) is 0 Å². The molecule has 0 heterocycles. The van der Waals surface area contributed by atoms with Crippen LogP contribution in [0.3, 0.4) is 0 Å². The van der Waals surface area contributed by atoms with Gasteiger partial charge in [0.15, 0.2) is 5.96 Å². The van der Waals surface area contributed by atoms with Crippen LogP contribution in [0.25, 0.3) is 0 Å². The lowest BCUT2D eigenvalue weighted by molar-refractivity contribution is 0.173. The first kappa shape index (κ1) is 25.2. The molecular weight excluding hydrogens is 401 g/mol. The first-order valence-electron chi connectivity index (χ1n) is 8.49. The minimum absolute atomic E-state index is 0. The molecule has 0 saturated heterocycles. The fourth-order valence-electron chi connectivity index (χ4n) is 2.26. The van der Waals surface area contributed by atoms with Crippen molar-refractivity contribution < 1.29 is 0 Å². The van der Waals surface area contributed by atoms with Crippen LogP contribution < -0.4 is 10.6 Å². The van der Waals surface area contributed by atoms with Gasteiger partial charge >= 0.3 is 0 Å². The molecule has 5 nitrogen and oxygen atoms in total. The highest BCUT2D eigenvalue weighted by atomic mass is 127. The Bertz CT molecular complexity index is 319. The maximum absolute atomic E-state index is 4.30. The maximum atomic E-state index is 4.30. The zero-order valence-corrected chi connectivity index (χ0v) is 19.1. The van der Waals surface area contributed by atoms with Crippen molar-refractivity contribution in [3.63, 3.8) is 0 Å². The molecule has 0 amide bonds. The van der Waals surface area contributed by atoms with E-state index in [9.17, 15) is 0 Å². The van der Waals surface area contributed by atoms with Gasteiger partial charge in [-0.05, 0) is 62.1 Å². The molecule has 6 heteroatoms. The van der Waals surface area contributed by atoms with Crippen LogP contribution in [0.5, 0.6) is 0 Å². The summed E-state index contributed by atoms with van der Waals surface area (Å²) in [6, 6.07) is 1.19. The number of rotatable bonds is 9. The van der Waals surface area contributed by atoms with Crippen LogP contribution in [0.15, 0.2) is 4.99 Å². The zero-order chi connectivity index (χ0) is 17.3. The molecule has 0 fully saturated rings. The number of likely N-dealkylation sites (N-methyl/N-ethyl adjacent to an activating group) is 1. The normalized spacial score (nSPS) is 13.0. The van der Waals surface area contributed by atoms with Crippen LogP contribution in [0, 0.1) is 0 Å². The van der Waals surface area contributed by atoms with E-state index < -0.39 is 0 Å². The SMILES string of the molecule is CN=C(NCCCN(C(C)C)C(C)C)NCC(C)(C)N(C)C.I. The third-order valence-electron chi connectivity index (χ3n) is 4.33. The maximum Gasteiger partial charge on any atom is 0.191 e. The van der Waals surface area contributed by atoms with E-state index in [4.69, 9.17) is 0 Å². The number of halogens is 1. The largest absolute Gasteiger partial charge is 0.356 e. The fourth-order valence-corrected chi connectivity index (χ4v) is 2.26. The van der Waals surface area contributed by atoms with E-state index in [1.54, 1.807) is 0 Å². The fraction of sp³-hybridized carbons (Fsp3) is 0.941. The van der Waals surface area contributed by atoms with Crippen LogP contribution >= 0.6 is 24.0 Å². The molecule has 0 atom stereocenters. The first-order valence-corrected chi connectivity index (χ1v) is 8.49. The Morgan fingerprint density at radius 1 is 1.04 bits per heavy atom. The third kappa shape index (κ3) is 10.4. The Morgan fingerprint density at radius 3 is 1.96 bits per heavy atom. The summed E-state index contributed by atoms with van der Waals surface area (Å²) in [7, 11) is 6.03. The van der Waals surface area contributed by atoms with E-state index in [-0.39, 0.29) is 29.5 Å². The smallest absolute Gasteiger partial charge is 0.191 e. The van der Waals surface area contributed by atoms with Gasteiger partial charge in [-0.15, -0.1) is 24.0 Å². The Labute approximate surface area is 161 Å². The van der Waals surface area contributed by atoms with Gasteiger partial charge in [0.2, 0.25) is 0 Å². The second kappa shape index (κ2) is 12.3. The van der Waals surface area contributed by atoms with Gasteiger partial charge in [0.05, 0.1) is 0 Å². The van der Waals surface area contributed by atoms with Gasteiger partial charge < -0.3 is 15.5 Å². The van der Waals surface area contributed by atoms with E-state index in [0.717, 1.165) is 32.0 Å². The Kier molecular flexibility index (Phi) is 13.5. The van der Waals surface area contributed by atoms with E-state index >= 15 is 0 Å². The molecule has 23 heavy (non-hydrogen) atoms. The van der Waals surface area contributed by atoms with Crippen molar-refractivity contribution in [2.45, 2.75) is 65.6 Å². The summed E-state index contributed by atoms with van der Waals surface area (Å²) in [5.74, 6) is 0.885. The van der Waals surface area contributed by atoms with Crippen molar-refractivity contribution in [1.82, 2.24) is 20.4 Å². The molecule has 0 aliphatic heterocycles. The van der Waals surface area contributed by atoms with Crippen LogP contribution in [0.2, 0.25) is 0 Å².